The fourth-order valence-corrected chi connectivity index (χ4v) is 3.45. The third-order valence-electron chi connectivity index (χ3n) is 5.52. The Morgan fingerprint density at radius 3 is 2.00 bits per heavy atom. The molecule has 0 bridgehead atoms. The van der Waals surface area contributed by atoms with Gasteiger partial charge in [-0.05, 0) is 88.0 Å². The molecule has 0 aromatic heterocycles. The third-order valence-corrected chi connectivity index (χ3v) is 5.52. The Kier molecular flexibility index (Phi) is 6.98. The summed E-state index contributed by atoms with van der Waals surface area (Å²) in [5, 5.41) is 3.11. The minimum Gasteiger partial charge on any atom is -0.352 e. The molecule has 1 N–H and O–H groups in total. The van der Waals surface area contributed by atoms with Gasteiger partial charge in [-0.2, -0.15) is 0 Å². The van der Waals surface area contributed by atoms with E-state index in [1.54, 1.807) is 0 Å². The summed E-state index contributed by atoms with van der Waals surface area (Å²) < 4.78 is 0. The molecule has 0 saturated heterocycles. The lowest BCUT2D eigenvalue weighted by molar-refractivity contribution is 0.0950. The maximum atomic E-state index is 12.7. The van der Waals surface area contributed by atoms with Gasteiger partial charge in [0.25, 0.3) is 5.91 Å². The lowest BCUT2D eigenvalue weighted by Crippen LogP contribution is -2.29. The van der Waals surface area contributed by atoms with Crippen LogP contribution in [0.1, 0.15) is 50.2 Å². The fourth-order valence-electron chi connectivity index (χ4n) is 3.45. The number of hydrogen-bond donors (Lipinski definition) is 1. The van der Waals surface area contributed by atoms with Crippen LogP contribution in [-0.4, -0.2) is 30.9 Å². The summed E-state index contributed by atoms with van der Waals surface area (Å²) in [6.45, 7) is 13.0. The van der Waals surface area contributed by atoms with Gasteiger partial charge >= 0.3 is 0 Å². The van der Waals surface area contributed by atoms with Gasteiger partial charge in [-0.15, -0.1) is 0 Å². The normalized spacial score (nSPS) is 11.0. The molecule has 0 atom stereocenters. The molecule has 2 aromatic rings. The van der Waals surface area contributed by atoms with Crippen LogP contribution in [-0.2, 0) is 6.54 Å². The first kappa shape index (κ1) is 20.2. The Hall–Kier alpha value is -2.13. The number of carbonyl (C=O) groups excluding carboxylic acids is 1. The maximum absolute atomic E-state index is 12.7. The highest BCUT2D eigenvalue weighted by Gasteiger charge is 2.17. The van der Waals surface area contributed by atoms with Crippen molar-refractivity contribution in [2.75, 3.05) is 20.1 Å². The van der Waals surface area contributed by atoms with Crippen LogP contribution >= 0.6 is 0 Å². The van der Waals surface area contributed by atoms with E-state index >= 15 is 0 Å². The van der Waals surface area contributed by atoms with Crippen molar-refractivity contribution in [2.24, 2.45) is 0 Å². The third kappa shape index (κ3) is 4.73. The van der Waals surface area contributed by atoms with Crippen molar-refractivity contribution in [3.63, 3.8) is 0 Å². The molecule has 2 rings (SSSR count). The van der Waals surface area contributed by atoms with E-state index in [9.17, 15) is 4.79 Å². The van der Waals surface area contributed by atoms with Gasteiger partial charge in [-0.1, -0.05) is 30.3 Å². The van der Waals surface area contributed by atoms with Crippen LogP contribution in [0.3, 0.4) is 0 Å². The van der Waals surface area contributed by atoms with Crippen LogP contribution in [0.25, 0.3) is 0 Å². The Morgan fingerprint density at radius 2 is 1.42 bits per heavy atom. The number of nitrogens with zero attached hydrogens (tertiary/aromatic N) is 1. The smallest absolute Gasteiger partial charge is 0.251 e. The molecule has 3 heteroatoms. The summed E-state index contributed by atoms with van der Waals surface area (Å²) >= 11 is 0. The summed E-state index contributed by atoms with van der Waals surface area (Å²) in [5.74, 6) is 0.0527. The van der Waals surface area contributed by atoms with E-state index in [2.05, 4.69) is 76.1 Å². The summed E-state index contributed by atoms with van der Waals surface area (Å²) in [6, 6.07) is 10.5. The number of amides is 1. The minimum atomic E-state index is 0.0527. The van der Waals surface area contributed by atoms with Crippen LogP contribution in [0, 0.1) is 34.6 Å². The van der Waals surface area contributed by atoms with Crippen LogP contribution in [0.15, 0.2) is 30.3 Å². The molecule has 26 heavy (non-hydrogen) atoms. The van der Waals surface area contributed by atoms with E-state index in [4.69, 9.17) is 0 Å². The second-order valence-electron chi connectivity index (χ2n) is 7.33. The number of carbonyl (C=O) groups is 1. The first-order valence-electron chi connectivity index (χ1n) is 9.40. The van der Waals surface area contributed by atoms with Gasteiger partial charge in [-0.25, -0.2) is 0 Å². The molecule has 2 aromatic carbocycles. The van der Waals surface area contributed by atoms with Gasteiger partial charge in [0, 0.05) is 18.7 Å². The van der Waals surface area contributed by atoms with Gasteiger partial charge in [0.05, 0.1) is 0 Å². The van der Waals surface area contributed by atoms with E-state index in [0.717, 1.165) is 36.2 Å². The van der Waals surface area contributed by atoms with Crippen molar-refractivity contribution in [1.82, 2.24) is 10.2 Å². The highest BCUT2D eigenvalue weighted by Crippen LogP contribution is 2.25. The van der Waals surface area contributed by atoms with Crippen LogP contribution in [0.4, 0.5) is 0 Å². The molecule has 0 aliphatic carbocycles. The zero-order valence-corrected chi connectivity index (χ0v) is 17.1. The van der Waals surface area contributed by atoms with Crippen molar-refractivity contribution >= 4 is 5.91 Å². The molecule has 140 valence electrons. The lowest BCUT2D eigenvalue weighted by atomic mass is 9.89. The molecule has 0 unspecified atom stereocenters. The van der Waals surface area contributed by atoms with Crippen molar-refractivity contribution < 1.29 is 4.79 Å². The molecule has 0 spiro atoms. The minimum absolute atomic E-state index is 0.0527. The summed E-state index contributed by atoms with van der Waals surface area (Å²) in [5.41, 5.74) is 8.11. The first-order chi connectivity index (χ1) is 12.3. The summed E-state index contributed by atoms with van der Waals surface area (Å²) in [4.78, 5) is 15.0. The predicted molar refractivity (Wildman–Crippen MR) is 110 cm³/mol. The van der Waals surface area contributed by atoms with Gasteiger partial charge < -0.3 is 10.2 Å². The Morgan fingerprint density at radius 1 is 0.885 bits per heavy atom. The average Bonchev–Trinajstić information content (AvgIpc) is 2.63. The molecule has 3 nitrogen and oxygen atoms in total. The molecular formula is C23H32N2O. The second-order valence-corrected chi connectivity index (χ2v) is 7.33. The predicted octanol–water partition coefficient (Wildman–Crippen LogP) is 4.48. The van der Waals surface area contributed by atoms with Crippen molar-refractivity contribution in [3.05, 3.63) is 69.3 Å². The van der Waals surface area contributed by atoms with E-state index in [1.165, 1.54) is 22.3 Å². The largest absolute Gasteiger partial charge is 0.352 e. The molecule has 0 heterocycles. The highest BCUT2D eigenvalue weighted by molar-refractivity contribution is 5.98. The van der Waals surface area contributed by atoms with E-state index in [1.807, 2.05) is 6.07 Å². The Balaban J connectivity index is 1.88. The molecular weight excluding hydrogens is 320 g/mol. The van der Waals surface area contributed by atoms with Crippen LogP contribution in [0.2, 0.25) is 0 Å². The summed E-state index contributed by atoms with van der Waals surface area (Å²) in [7, 11) is 2.12. The Labute approximate surface area is 158 Å². The fraction of sp³-hybridized carbons (Fsp3) is 0.435. The standard InChI is InChI=1S/C23H32N2O/c1-16-17(2)19(4)22(20(5)18(16)3)23(26)24-13-10-14-25(6)15-21-11-8-7-9-12-21/h7-9,11-12H,10,13-15H2,1-6H3,(H,24,26). The van der Waals surface area contributed by atoms with Crippen LogP contribution < -0.4 is 5.32 Å². The molecule has 0 fully saturated rings. The van der Waals surface area contributed by atoms with E-state index < -0.39 is 0 Å². The Bertz CT molecular complexity index is 737. The van der Waals surface area contributed by atoms with Gasteiger partial charge in [0.1, 0.15) is 0 Å². The first-order valence-corrected chi connectivity index (χ1v) is 9.40. The topological polar surface area (TPSA) is 32.3 Å². The second kappa shape index (κ2) is 9.00. The zero-order chi connectivity index (χ0) is 19.3. The van der Waals surface area contributed by atoms with Crippen molar-refractivity contribution in [1.29, 1.82) is 0 Å². The van der Waals surface area contributed by atoms with Crippen molar-refractivity contribution in [2.45, 2.75) is 47.6 Å². The SMILES string of the molecule is Cc1c(C)c(C)c(C(=O)NCCCN(C)Cc2ccccc2)c(C)c1C. The molecule has 1 amide bonds. The number of rotatable bonds is 7. The van der Waals surface area contributed by atoms with E-state index in [-0.39, 0.29) is 5.91 Å². The zero-order valence-electron chi connectivity index (χ0n) is 17.1. The average molecular weight is 353 g/mol. The molecule has 0 radical (unpaired) electrons. The van der Waals surface area contributed by atoms with Crippen molar-refractivity contribution in [3.8, 4) is 0 Å². The summed E-state index contributed by atoms with van der Waals surface area (Å²) in [6.07, 6.45) is 0.941. The lowest BCUT2D eigenvalue weighted by Gasteiger charge is -2.19. The molecule has 0 saturated carbocycles. The number of hydrogen-bond acceptors (Lipinski definition) is 2. The van der Waals surface area contributed by atoms with Crippen LogP contribution in [0.5, 0.6) is 0 Å². The molecule has 0 aliphatic rings. The maximum Gasteiger partial charge on any atom is 0.251 e. The van der Waals surface area contributed by atoms with Gasteiger partial charge in [0.15, 0.2) is 0 Å². The number of nitrogens with one attached hydrogen (secondary N) is 1. The monoisotopic (exact) mass is 352 g/mol. The molecule has 0 aliphatic heterocycles. The quantitative estimate of drug-likeness (QED) is 0.745. The van der Waals surface area contributed by atoms with E-state index in [0.29, 0.717) is 6.54 Å². The van der Waals surface area contributed by atoms with Gasteiger partial charge in [-0.3, -0.25) is 4.79 Å². The van der Waals surface area contributed by atoms with Gasteiger partial charge in [0.2, 0.25) is 0 Å². The number of benzene rings is 2. The highest BCUT2D eigenvalue weighted by atomic mass is 16.1.